The number of halogens is 1. The number of aliphatic carboxylic acids is 1. The van der Waals surface area contributed by atoms with E-state index < -0.39 is 59.7 Å². The van der Waals surface area contributed by atoms with Gasteiger partial charge in [0, 0.05) is 0 Å². The Morgan fingerprint density at radius 3 is 2.54 bits per heavy atom. The summed E-state index contributed by atoms with van der Waals surface area (Å²) in [7, 11) is -8.47. The summed E-state index contributed by atoms with van der Waals surface area (Å²) in [5.41, 5.74) is -0.0252. The van der Waals surface area contributed by atoms with Crippen molar-refractivity contribution in [3.63, 3.8) is 0 Å². The van der Waals surface area contributed by atoms with Crippen LogP contribution in [0.1, 0.15) is 6.92 Å². The van der Waals surface area contributed by atoms with Gasteiger partial charge in [-0.2, -0.15) is 17.4 Å². The number of carboxylic acid groups (broad SMARTS) is 1. The van der Waals surface area contributed by atoms with Crippen LogP contribution in [0.2, 0.25) is 5.02 Å². The molecular formula is C13H17ClN4O7S3. The van der Waals surface area contributed by atoms with Gasteiger partial charge in [0.1, 0.15) is 22.5 Å². The lowest BCUT2D eigenvalue weighted by molar-refractivity contribution is -0.144. The average molecular weight is 473 g/mol. The van der Waals surface area contributed by atoms with Crippen LogP contribution in [0.4, 0.5) is 5.69 Å². The highest BCUT2D eigenvalue weighted by molar-refractivity contribution is 7.90. The van der Waals surface area contributed by atoms with Crippen LogP contribution in [0, 0.1) is 0 Å². The van der Waals surface area contributed by atoms with Gasteiger partial charge in [-0.1, -0.05) is 11.6 Å². The molecule has 2 rings (SSSR count). The van der Waals surface area contributed by atoms with Crippen LogP contribution in [0.15, 0.2) is 21.9 Å². The van der Waals surface area contributed by atoms with Gasteiger partial charge < -0.3 is 15.3 Å². The number of carbonyl (C=O) groups is 2. The van der Waals surface area contributed by atoms with Crippen molar-refractivity contribution in [1.82, 2.24) is 9.62 Å². The van der Waals surface area contributed by atoms with Crippen molar-refractivity contribution in [2.24, 2.45) is 5.14 Å². The highest BCUT2D eigenvalue weighted by atomic mass is 35.5. The van der Waals surface area contributed by atoms with Crippen molar-refractivity contribution in [2.45, 2.75) is 28.1 Å². The minimum absolute atomic E-state index is 0.0252. The summed E-state index contributed by atoms with van der Waals surface area (Å²) in [5.74, 6) is -1.90. The Morgan fingerprint density at radius 2 is 2.04 bits per heavy atom. The second-order valence-corrected chi connectivity index (χ2v) is 10.3. The molecule has 1 amide bonds. The van der Waals surface area contributed by atoms with Crippen LogP contribution in [-0.4, -0.2) is 63.2 Å². The number of rotatable bonds is 6. The summed E-state index contributed by atoms with van der Waals surface area (Å²) in [4.78, 5) is 23.1. The molecule has 11 nitrogen and oxygen atoms in total. The standard InChI is InChI=1S/C13H17ClN4O7S3/c1-6(26)13(21)18(5-12(19)20)4-11-16-8-2-7(14)9(27(15,22)23)3-10(8)28(24,25)17-11/h2-3,6,11,16-17,26H,4-5H2,1H3,(H,19,20)(H2,15,22,23). The molecule has 0 aliphatic carbocycles. The first-order chi connectivity index (χ1) is 12.7. The van der Waals surface area contributed by atoms with Gasteiger partial charge in [0.15, 0.2) is 0 Å². The number of anilines is 1. The second-order valence-electron chi connectivity index (χ2n) is 5.93. The summed E-state index contributed by atoms with van der Waals surface area (Å²) in [5, 5.41) is 15.7. The first kappa shape index (κ1) is 22.7. The zero-order valence-electron chi connectivity index (χ0n) is 14.3. The van der Waals surface area contributed by atoms with Gasteiger partial charge in [-0.05, 0) is 19.1 Å². The molecule has 1 aromatic rings. The molecule has 0 bridgehead atoms. The Morgan fingerprint density at radius 1 is 1.43 bits per heavy atom. The monoisotopic (exact) mass is 472 g/mol. The van der Waals surface area contributed by atoms with Gasteiger partial charge in [0.05, 0.1) is 22.5 Å². The fraction of sp³-hybridized carbons (Fsp3) is 0.385. The molecule has 1 aliphatic rings. The van der Waals surface area contributed by atoms with Crippen LogP contribution >= 0.6 is 24.2 Å². The number of nitrogens with zero attached hydrogens (tertiary/aromatic N) is 1. The molecule has 156 valence electrons. The largest absolute Gasteiger partial charge is 0.480 e. The zero-order valence-corrected chi connectivity index (χ0v) is 17.6. The molecule has 1 aromatic carbocycles. The number of benzene rings is 1. The Hall–Kier alpha value is -1.58. The summed E-state index contributed by atoms with van der Waals surface area (Å²) < 4.78 is 50.4. The number of nitrogens with two attached hydrogens (primary N) is 1. The molecule has 1 aliphatic heterocycles. The maximum Gasteiger partial charge on any atom is 0.323 e. The number of primary sulfonamides is 1. The fourth-order valence-electron chi connectivity index (χ4n) is 2.52. The van der Waals surface area contributed by atoms with Crippen LogP contribution in [0.3, 0.4) is 0 Å². The minimum Gasteiger partial charge on any atom is -0.480 e. The van der Waals surface area contributed by atoms with E-state index in [9.17, 15) is 26.4 Å². The predicted molar refractivity (Wildman–Crippen MR) is 103 cm³/mol. The van der Waals surface area contributed by atoms with Crippen LogP contribution < -0.4 is 15.2 Å². The quantitative estimate of drug-likeness (QED) is 0.336. The minimum atomic E-state index is -4.26. The normalized spacial score (nSPS) is 19.2. The summed E-state index contributed by atoms with van der Waals surface area (Å²) in [6, 6.07) is 1.89. The highest BCUT2D eigenvalue weighted by Gasteiger charge is 2.34. The lowest BCUT2D eigenvalue weighted by atomic mass is 10.3. The number of hydrogen-bond donors (Lipinski definition) is 5. The van der Waals surface area contributed by atoms with E-state index in [1.54, 1.807) is 0 Å². The van der Waals surface area contributed by atoms with Gasteiger partial charge in [-0.15, -0.1) is 0 Å². The van der Waals surface area contributed by atoms with E-state index in [0.717, 1.165) is 17.0 Å². The lowest BCUT2D eigenvalue weighted by Crippen LogP contribution is -2.54. The van der Waals surface area contributed by atoms with Gasteiger partial charge in [-0.3, -0.25) is 9.59 Å². The van der Waals surface area contributed by atoms with Crippen molar-refractivity contribution in [3.8, 4) is 0 Å². The van der Waals surface area contributed by atoms with Crippen LogP contribution in [-0.2, 0) is 29.6 Å². The molecule has 0 spiro atoms. The van der Waals surface area contributed by atoms with Gasteiger partial charge in [0.25, 0.3) is 0 Å². The Kier molecular flexibility index (Phi) is 6.52. The van der Waals surface area contributed by atoms with E-state index in [4.69, 9.17) is 21.8 Å². The number of carboxylic acids is 1. The molecule has 2 unspecified atom stereocenters. The van der Waals surface area contributed by atoms with Crippen molar-refractivity contribution in [1.29, 1.82) is 0 Å². The fourth-order valence-corrected chi connectivity index (χ4v) is 5.17. The average Bonchev–Trinajstić information content (AvgIpc) is 2.50. The van der Waals surface area contributed by atoms with Crippen molar-refractivity contribution >= 4 is 61.8 Å². The molecule has 2 atom stereocenters. The molecule has 1 heterocycles. The van der Waals surface area contributed by atoms with Crippen molar-refractivity contribution < 1.29 is 31.5 Å². The third-order valence-electron chi connectivity index (χ3n) is 3.66. The molecule has 0 saturated carbocycles. The van der Waals surface area contributed by atoms with Crippen LogP contribution in [0.25, 0.3) is 0 Å². The number of carbonyl (C=O) groups excluding carboxylic acids is 1. The molecule has 0 radical (unpaired) electrons. The number of amides is 1. The van der Waals surface area contributed by atoms with Crippen molar-refractivity contribution in [3.05, 3.63) is 17.2 Å². The number of fused-ring (bicyclic) bond motifs is 1. The van der Waals surface area contributed by atoms with Crippen LogP contribution in [0.5, 0.6) is 0 Å². The predicted octanol–water partition coefficient (Wildman–Crippen LogP) is -0.751. The molecular weight excluding hydrogens is 456 g/mol. The molecule has 28 heavy (non-hydrogen) atoms. The molecule has 0 saturated heterocycles. The molecule has 5 N–H and O–H groups in total. The number of hydrogen-bond acceptors (Lipinski definition) is 8. The Balaban J connectivity index is 2.40. The molecule has 0 fully saturated rings. The SMILES string of the molecule is CC(S)C(=O)N(CC(=O)O)CC1Nc2cc(Cl)c(S(N)(=O)=O)cc2S(=O)(=O)N1. The third kappa shape index (κ3) is 5.07. The highest BCUT2D eigenvalue weighted by Crippen LogP contribution is 2.33. The maximum atomic E-state index is 12.5. The Labute approximate surface area is 171 Å². The van der Waals surface area contributed by atoms with E-state index in [-0.39, 0.29) is 17.3 Å². The first-order valence-corrected chi connectivity index (χ1v) is 11.5. The van der Waals surface area contributed by atoms with Crippen molar-refractivity contribution in [2.75, 3.05) is 18.4 Å². The molecule has 0 aromatic heterocycles. The zero-order chi connectivity index (χ0) is 21.4. The van der Waals surface area contributed by atoms with Gasteiger partial charge >= 0.3 is 5.97 Å². The number of nitrogens with one attached hydrogen (secondary N) is 2. The topological polar surface area (TPSA) is 176 Å². The molecule has 15 heteroatoms. The lowest BCUT2D eigenvalue weighted by Gasteiger charge is -2.32. The van der Waals surface area contributed by atoms with E-state index >= 15 is 0 Å². The van der Waals surface area contributed by atoms with E-state index in [2.05, 4.69) is 22.7 Å². The van der Waals surface area contributed by atoms with E-state index in [0.29, 0.717) is 0 Å². The third-order valence-corrected chi connectivity index (χ3v) is 6.76. The number of sulfonamides is 2. The van der Waals surface area contributed by atoms with E-state index in [1.165, 1.54) is 6.92 Å². The summed E-state index contributed by atoms with van der Waals surface area (Å²) >= 11 is 9.86. The van der Waals surface area contributed by atoms with Gasteiger partial charge in [0.2, 0.25) is 26.0 Å². The second kappa shape index (κ2) is 8.04. The van der Waals surface area contributed by atoms with E-state index in [1.807, 2.05) is 0 Å². The van der Waals surface area contributed by atoms with Gasteiger partial charge in [-0.25, -0.2) is 22.0 Å². The Bertz CT molecular complexity index is 1030. The first-order valence-electron chi connectivity index (χ1n) is 7.56. The maximum absolute atomic E-state index is 12.5. The number of thiol groups is 1. The summed E-state index contributed by atoms with van der Waals surface area (Å²) in [6.45, 7) is 0.452. The smallest absolute Gasteiger partial charge is 0.323 e. The summed E-state index contributed by atoms with van der Waals surface area (Å²) in [6.07, 6.45) is -1.09.